The summed E-state index contributed by atoms with van der Waals surface area (Å²) in [6, 6.07) is 17.5. The van der Waals surface area contributed by atoms with Crippen molar-refractivity contribution in [3.63, 3.8) is 0 Å². The van der Waals surface area contributed by atoms with Crippen molar-refractivity contribution in [3.05, 3.63) is 65.2 Å². The largest absolute Gasteiger partial charge is 0.391 e. The zero-order chi connectivity index (χ0) is 19.3. The van der Waals surface area contributed by atoms with E-state index in [2.05, 4.69) is 70.6 Å². The van der Waals surface area contributed by atoms with Crippen molar-refractivity contribution >= 4 is 11.6 Å². The van der Waals surface area contributed by atoms with Gasteiger partial charge in [-0.1, -0.05) is 42.5 Å². The highest BCUT2D eigenvalue weighted by atomic mass is 16.3. The number of hydrogen-bond acceptors (Lipinski definition) is 3. The fraction of sp³-hybridized carbons (Fsp3) is 0.435. The van der Waals surface area contributed by atoms with Crippen molar-refractivity contribution in [2.75, 3.05) is 31.1 Å². The standard InChI is InChI=1S/C23H30N4O/c1-2-24-23(27-14-12-21(28)17-27)25-15-18-7-9-19(10-8-18)16-26-13-11-20-5-3-4-6-22(20)26/h3-10,21,28H,2,11-17H2,1H3,(H,24,25)/t21-/m1/s1. The van der Waals surface area contributed by atoms with E-state index in [-0.39, 0.29) is 6.10 Å². The Kier molecular flexibility index (Phi) is 5.81. The lowest BCUT2D eigenvalue weighted by Crippen LogP contribution is -2.40. The molecule has 28 heavy (non-hydrogen) atoms. The smallest absolute Gasteiger partial charge is 0.194 e. The van der Waals surface area contributed by atoms with Gasteiger partial charge in [0, 0.05) is 38.4 Å². The molecule has 2 aromatic carbocycles. The topological polar surface area (TPSA) is 51.1 Å². The number of likely N-dealkylation sites (tertiary alicyclic amines) is 1. The number of benzene rings is 2. The second-order valence-corrected chi connectivity index (χ2v) is 7.68. The molecule has 0 aliphatic carbocycles. The number of para-hydroxylation sites is 1. The maximum Gasteiger partial charge on any atom is 0.194 e. The number of nitrogens with zero attached hydrogens (tertiary/aromatic N) is 3. The molecule has 2 aliphatic rings. The van der Waals surface area contributed by atoms with Gasteiger partial charge in [0.1, 0.15) is 0 Å². The van der Waals surface area contributed by atoms with E-state index in [1.807, 2.05) is 0 Å². The highest BCUT2D eigenvalue weighted by Gasteiger charge is 2.22. The lowest BCUT2D eigenvalue weighted by molar-refractivity contribution is 0.188. The van der Waals surface area contributed by atoms with E-state index < -0.39 is 0 Å². The molecule has 0 bridgehead atoms. The molecule has 0 saturated carbocycles. The van der Waals surface area contributed by atoms with Gasteiger partial charge in [0.25, 0.3) is 0 Å². The summed E-state index contributed by atoms with van der Waals surface area (Å²) in [5.74, 6) is 0.900. The minimum absolute atomic E-state index is 0.237. The monoisotopic (exact) mass is 378 g/mol. The van der Waals surface area contributed by atoms with Crippen LogP contribution in [0.3, 0.4) is 0 Å². The van der Waals surface area contributed by atoms with Gasteiger partial charge in [-0.25, -0.2) is 4.99 Å². The minimum atomic E-state index is -0.237. The minimum Gasteiger partial charge on any atom is -0.391 e. The molecular formula is C23H30N4O. The van der Waals surface area contributed by atoms with Gasteiger partial charge in [0.15, 0.2) is 5.96 Å². The Bertz CT molecular complexity index is 818. The number of anilines is 1. The molecule has 2 aliphatic heterocycles. The number of fused-ring (bicyclic) bond motifs is 1. The van der Waals surface area contributed by atoms with Crippen LogP contribution in [0.25, 0.3) is 0 Å². The molecule has 5 heteroatoms. The van der Waals surface area contributed by atoms with Crippen LogP contribution >= 0.6 is 0 Å². The van der Waals surface area contributed by atoms with Crippen molar-refractivity contribution in [1.29, 1.82) is 0 Å². The van der Waals surface area contributed by atoms with Crippen LogP contribution in [0.1, 0.15) is 30.0 Å². The number of aliphatic hydroxyl groups excluding tert-OH is 1. The molecule has 2 heterocycles. The molecule has 1 saturated heterocycles. The van der Waals surface area contributed by atoms with Crippen LogP contribution in [-0.2, 0) is 19.5 Å². The fourth-order valence-electron chi connectivity index (χ4n) is 4.07. The van der Waals surface area contributed by atoms with Crippen LogP contribution in [0, 0.1) is 0 Å². The van der Waals surface area contributed by atoms with Gasteiger partial charge in [-0.15, -0.1) is 0 Å². The lowest BCUT2D eigenvalue weighted by Gasteiger charge is -2.21. The molecule has 2 N–H and O–H groups in total. The first-order valence-corrected chi connectivity index (χ1v) is 10.3. The van der Waals surface area contributed by atoms with Crippen LogP contribution in [0.4, 0.5) is 5.69 Å². The summed E-state index contributed by atoms with van der Waals surface area (Å²) in [7, 11) is 0. The molecule has 0 aromatic heterocycles. The van der Waals surface area contributed by atoms with Crippen LogP contribution < -0.4 is 10.2 Å². The normalized spacial score (nSPS) is 19.2. The Morgan fingerprint density at radius 1 is 1.11 bits per heavy atom. The molecule has 0 amide bonds. The summed E-state index contributed by atoms with van der Waals surface area (Å²) in [5, 5.41) is 13.1. The summed E-state index contributed by atoms with van der Waals surface area (Å²) in [5.41, 5.74) is 5.37. The molecule has 1 atom stereocenters. The van der Waals surface area contributed by atoms with E-state index in [4.69, 9.17) is 4.99 Å². The number of rotatable bonds is 5. The fourth-order valence-corrected chi connectivity index (χ4v) is 4.07. The summed E-state index contributed by atoms with van der Waals surface area (Å²) in [4.78, 5) is 9.38. The Hall–Kier alpha value is -2.53. The zero-order valence-corrected chi connectivity index (χ0v) is 16.6. The van der Waals surface area contributed by atoms with E-state index in [0.29, 0.717) is 13.1 Å². The first-order valence-electron chi connectivity index (χ1n) is 10.3. The van der Waals surface area contributed by atoms with Crippen molar-refractivity contribution in [3.8, 4) is 0 Å². The van der Waals surface area contributed by atoms with E-state index >= 15 is 0 Å². The quantitative estimate of drug-likeness (QED) is 0.621. The molecule has 1 fully saturated rings. The maximum absolute atomic E-state index is 9.78. The number of nitrogens with one attached hydrogen (secondary N) is 1. The molecule has 2 aromatic rings. The van der Waals surface area contributed by atoms with Crippen molar-refractivity contribution in [2.24, 2.45) is 4.99 Å². The van der Waals surface area contributed by atoms with Crippen LogP contribution in [0.2, 0.25) is 0 Å². The molecule has 0 radical (unpaired) electrons. The van der Waals surface area contributed by atoms with Gasteiger partial charge in [-0.2, -0.15) is 0 Å². The molecular weight excluding hydrogens is 348 g/mol. The van der Waals surface area contributed by atoms with Gasteiger partial charge in [-0.3, -0.25) is 0 Å². The van der Waals surface area contributed by atoms with Crippen LogP contribution in [-0.4, -0.2) is 48.2 Å². The van der Waals surface area contributed by atoms with Gasteiger partial charge in [-0.05, 0) is 42.5 Å². The highest BCUT2D eigenvalue weighted by Crippen LogP contribution is 2.28. The summed E-state index contributed by atoms with van der Waals surface area (Å²) < 4.78 is 0. The molecule has 148 valence electrons. The average molecular weight is 379 g/mol. The lowest BCUT2D eigenvalue weighted by atomic mass is 10.1. The Morgan fingerprint density at radius 3 is 2.64 bits per heavy atom. The molecule has 0 unspecified atom stereocenters. The number of β-amino-alcohol motifs (C(OH)–C–C–N with tert-alkyl or cyclic N) is 1. The predicted octanol–water partition coefficient (Wildman–Crippen LogP) is 2.78. The third-order valence-electron chi connectivity index (χ3n) is 5.59. The Morgan fingerprint density at radius 2 is 1.89 bits per heavy atom. The highest BCUT2D eigenvalue weighted by molar-refractivity contribution is 5.80. The van der Waals surface area contributed by atoms with Gasteiger partial charge < -0.3 is 20.2 Å². The third-order valence-corrected chi connectivity index (χ3v) is 5.59. The van der Waals surface area contributed by atoms with Crippen LogP contribution in [0.15, 0.2) is 53.5 Å². The van der Waals surface area contributed by atoms with Gasteiger partial charge in [0.05, 0.1) is 12.6 Å². The van der Waals surface area contributed by atoms with Gasteiger partial charge in [0.2, 0.25) is 0 Å². The summed E-state index contributed by atoms with van der Waals surface area (Å²) in [6.07, 6.45) is 1.72. The first kappa shape index (κ1) is 18.8. The number of guanidine groups is 1. The molecule has 5 nitrogen and oxygen atoms in total. The van der Waals surface area contributed by atoms with Crippen molar-refractivity contribution in [1.82, 2.24) is 10.2 Å². The van der Waals surface area contributed by atoms with E-state index in [0.717, 1.165) is 45.0 Å². The molecule has 0 spiro atoms. The summed E-state index contributed by atoms with van der Waals surface area (Å²) >= 11 is 0. The van der Waals surface area contributed by atoms with E-state index in [1.165, 1.54) is 22.4 Å². The average Bonchev–Trinajstić information content (AvgIpc) is 3.33. The van der Waals surface area contributed by atoms with Crippen molar-refractivity contribution < 1.29 is 5.11 Å². The number of aliphatic imine (C=N–C) groups is 1. The van der Waals surface area contributed by atoms with Gasteiger partial charge >= 0.3 is 0 Å². The number of aliphatic hydroxyl groups is 1. The molecule has 4 rings (SSSR count). The third kappa shape index (κ3) is 4.30. The number of hydrogen-bond donors (Lipinski definition) is 2. The first-order chi connectivity index (χ1) is 13.7. The second-order valence-electron chi connectivity index (χ2n) is 7.68. The van der Waals surface area contributed by atoms with Crippen molar-refractivity contribution in [2.45, 2.75) is 39.0 Å². The van der Waals surface area contributed by atoms with Crippen LogP contribution in [0.5, 0.6) is 0 Å². The Balaban J connectivity index is 1.38. The van der Waals surface area contributed by atoms with E-state index in [9.17, 15) is 5.11 Å². The van der Waals surface area contributed by atoms with E-state index in [1.54, 1.807) is 0 Å². The Labute approximate surface area is 167 Å². The zero-order valence-electron chi connectivity index (χ0n) is 16.6. The summed E-state index contributed by atoms with van der Waals surface area (Å²) in [6.45, 7) is 7.15. The SMILES string of the molecule is CCNC(=NCc1ccc(CN2CCc3ccccc32)cc1)N1CC[C@@H](O)C1. The predicted molar refractivity (Wildman–Crippen MR) is 115 cm³/mol. The second kappa shape index (κ2) is 8.65. The maximum atomic E-state index is 9.78.